The standard InChI is InChI=1S/C13H14N4OS2/c1-8(2)11-16-17-13(20-11)15-12(19)14-10(18)9-6-4-3-5-7-9/h3-8H,1-2H3,(H2,14,15,17,18,19). The molecule has 0 spiro atoms. The quantitative estimate of drug-likeness (QED) is 0.854. The molecule has 0 atom stereocenters. The van der Waals surface area contributed by atoms with Gasteiger partial charge >= 0.3 is 0 Å². The third-order valence-electron chi connectivity index (χ3n) is 2.42. The molecule has 2 aromatic rings. The number of nitrogens with one attached hydrogen (secondary N) is 2. The topological polar surface area (TPSA) is 66.9 Å². The minimum atomic E-state index is -0.253. The molecule has 0 aliphatic rings. The van der Waals surface area contributed by atoms with E-state index in [2.05, 4.69) is 20.8 Å². The van der Waals surface area contributed by atoms with Crippen LogP contribution in [-0.2, 0) is 0 Å². The van der Waals surface area contributed by atoms with E-state index in [-0.39, 0.29) is 11.0 Å². The molecule has 2 N–H and O–H groups in total. The van der Waals surface area contributed by atoms with Crippen LogP contribution >= 0.6 is 23.6 Å². The molecule has 0 unspecified atom stereocenters. The number of carbonyl (C=O) groups is 1. The van der Waals surface area contributed by atoms with Crippen LogP contribution < -0.4 is 10.6 Å². The third kappa shape index (κ3) is 3.82. The molecule has 2 rings (SSSR count). The zero-order valence-corrected chi connectivity index (χ0v) is 12.7. The molecule has 1 aromatic heterocycles. The third-order valence-corrected chi connectivity index (χ3v) is 3.76. The fourth-order valence-corrected chi connectivity index (χ4v) is 2.42. The van der Waals surface area contributed by atoms with Crippen LogP contribution in [0.5, 0.6) is 0 Å². The van der Waals surface area contributed by atoms with Crippen LogP contribution in [0.2, 0.25) is 0 Å². The minimum absolute atomic E-state index is 0.213. The van der Waals surface area contributed by atoms with Crippen molar-refractivity contribution in [2.45, 2.75) is 19.8 Å². The summed E-state index contributed by atoms with van der Waals surface area (Å²) in [5.74, 6) is 0.0622. The Balaban J connectivity index is 1.93. The monoisotopic (exact) mass is 306 g/mol. The Labute approximate surface area is 126 Å². The van der Waals surface area contributed by atoms with Crippen molar-refractivity contribution in [2.24, 2.45) is 0 Å². The number of thiocarbonyl (C=S) groups is 1. The van der Waals surface area contributed by atoms with Crippen LogP contribution in [0, 0.1) is 0 Å². The summed E-state index contributed by atoms with van der Waals surface area (Å²) in [7, 11) is 0. The van der Waals surface area contributed by atoms with Gasteiger partial charge in [0, 0.05) is 11.5 Å². The molecule has 0 saturated heterocycles. The normalized spacial score (nSPS) is 10.3. The van der Waals surface area contributed by atoms with Gasteiger partial charge in [-0.1, -0.05) is 43.4 Å². The number of anilines is 1. The first-order valence-corrected chi connectivity index (χ1v) is 7.29. The Morgan fingerprint density at radius 2 is 1.95 bits per heavy atom. The fourth-order valence-electron chi connectivity index (χ4n) is 1.41. The highest BCUT2D eigenvalue weighted by Gasteiger charge is 2.11. The summed E-state index contributed by atoms with van der Waals surface area (Å²) in [6.45, 7) is 4.08. The number of carbonyl (C=O) groups excluding carboxylic acids is 1. The molecule has 0 fully saturated rings. The van der Waals surface area contributed by atoms with Gasteiger partial charge in [0.05, 0.1) is 0 Å². The van der Waals surface area contributed by atoms with Crippen molar-refractivity contribution in [1.29, 1.82) is 0 Å². The Morgan fingerprint density at radius 3 is 2.55 bits per heavy atom. The van der Waals surface area contributed by atoms with E-state index in [9.17, 15) is 4.79 Å². The summed E-state index contributed by atoms with van der Waals surface area (Å²) in [6.07, 6.45) is 0. The van der Waals surface area contributed by atoms with Crippen LogP contribution in [-0.4, -0.2) is 21.2 Å². The Hall–Kier alpha value is -1.86. The van der Waals surface area contributed by atoms with E-state index in [0.29, 0.717) is 16.6 Å². The van der Waals surface area contributed by atoms with Crippen LogP contribution in [0.3, 0.4) is 0 Å². The molecule has 1 heterocycles. The predicted octanol–water partition coefficient (Wildman–Crippen LogP) is 2.79. The number of aromatic nitrogens is 2. The molecule has 1 amide bonds. The van der Waals surface area contributed by atoms with E-state index in [1.807, 2.05) is 19.9 Å². The Morgan fingerprint density at radius 1 is 1.25 bits per heavy atom. The molecule has 0 aliphatic heterocycles. The summed E-state index contributed by atoms with van der Waals surface area (Å²) in [5, 5.41) is 15.2. The zero-order valence-electron chi connectivity index (χ0n) is 11.1. The van der Waals surface area contributed by atoms with Gasteiger partial charge in [0.2, 0.25) is 5.13 Å². The van der Waals surface area contributed by atoms with E-state index in [1.165, 1.54) is 11.3 Å². The van der Waals surface area contributed by atoms with E-state index >= 15 is 0 Å². The summed E-state index contributed by atoms with van der Waals surface area (Å²) < 4.78 is 0. The van der Waals surface area contributed by atoms with Gasteiger partial charge in [0.1, 0.15) is 5.01 Å². The van der Waals surface area contributed by atoms with Crippen molar-refractivity contribution in [3.8, 4) is 0 Å². The van der Waals surface area contributed by atoms with Crippen molar-refractivity contribution in [2.75, 3.05) is 5.32 Å². The Bertz CT molecular complexity index is 610. The SMILES string of the molecule is CC(C)c1nnc(NC(=S)NC(=O)c2ccccc2)s1. The van der Waals surface area contributed by atoms with Crippen LogP contribution in [0.25, 0.3) is 0 Å². The number of hydrogen-bond donors (Lipinski definition) is 2. The minimum Gasteiger partial charge on any atom is -0.307 e. The van der Waals surface area contributed by atoms with E-state index < -0.39 is 0 Å². The summed E-state index contributed by atoms with van der Waals surface area (Å²) in [4.78, 5) is 11.9. The number of hydrogen-bond acceptors (Lipinski definition) is 5. The molecule has 1 aromatic carbocycles. The molecule has 5 nitrogen and oxygen atoms in total. The number of benzene rings is 1. The first-order valence-electron chi connectivity index (χ1n) is 6.07. The first kappa shape index (κ1) is 14.5. The molecule has 0 saturated carbocycles. The van der Waals surface area contributed by atoms with Gasteiger partial charge in [-0.15, -0.1) is 10.2 Å². The van der Waals surface area contributed by atoms with Gasteiger partial charge in [-0.3, -0.25) is 10.1 Å². The van der Waals surface area contributed by atoms with E-state index in [1.54, 1.807) is 24.3 Å². The zero-order chi connectivity index (χ0) is 14.5. The molecule has 0 bridgehead atoms. The maximum absolute atomic E-state index is 11.9. The van der Waals surface area contributed by atoms with Crippen molar-refractivity contribution in [1.82, 2.24) is 15.5 Å². The van der Waals surface area contributed by atoms with E-state index in [4.69, 9.17) is 12.2 Å². The van der Waals surface area contributed by atoms with Crippen molar-refractivity contribution < 1.29 is 4.79 Å². The average Bonchev–Trinajstić information content (AvgIpc) is 2.88. The summed E-state index contributed by atoms with van der Waals surface area (Å²) in [6, 6.07) is 8.89. The summed E-state index contributed by atoms with van der Waals surface area (Å²) >= 11 is 6.50. The molecule has 7 heteroatoms. The van der Waals surface area contributed by atoms with Gasteiger partial charge in [-0.25, -0.2) is 0 Å². The second kappa shape index (κ2) is 6.53. The lowest BCUT2D eigenvalue weighted by atomic mass is 10.2. The number of rotatable bonds is 3. The second-order valence-corrected chi connectivity index (χ2v) is 5.79. The largest absolute Gasteiger partial charge is 0.307 e. The lowest BCUT2D eigenvalue weighted by molar-refractivity contribution is 0.0978. The number of nitrogens with zero attached hydrogens (tertiary/aromatic N) is 2. The maximum atomic E-state index is 11.9. The highest BCUT2D eigenvalue weighted by molar-refractivity contribution is 7.80. The van der Waals surface area contributed by atoms with Gasteiger partial charge in [-0.2, -0.15) is 0 Å². The average molecular weight is 306 g/mol. The highest BCUT2D eigenvalue weighted by Crippen LogP contribution is 2.22. The second-order valence-electron chi connectivity index (χ2n) is 4.37. The van der Waals surface area contributed by atoms with Crippen LogP contribution in [0.4, 0.5) is 5.13 Å². The summed E-state index contributed by atoms with van der Waals surface area (Å²) in [5.41, 5.74) is 0.553. The fraction of sp³-hybridized carbons (Fsp3) is 0.231. The maximum Gasteiger partial charge on any atom is 0.257 e. The molecular weight excluding hydrogens is 292 g/mol. The van der Waals surface area contributed by atoms with Gasteiger partial charge in [0.25, 0.3) is 5.91 Å². The molecular formula is C13H14N4OS2. The van der Waals surface area contributed by atoms with E-state index in [0.717, 1.165) is 5.01 Å². The Kier molecular flexibility index (Phi) is 4.75. The number of amides is 1. The smallest absolute Gasteiger partial charge is 0.257 e. The molecule has 0 aliphatic carbocycles. The lowest BCUT2D eigenvalue weighted by Crippen LogP contribution is -2.34. The van der Waals surface area contributed by atoms with Crippen molar-refractivity contribution >= 4 is 39.7 Å². The first-order chi connectivity index (χ1) is 9.56. The van der Waals surface area contributed by atoms with Crippen molar-refractivity contribution in [3.05, 3.63) is 40.9 Å². The van der Waals surface area contributed by atoms with Crippen LogP contribution in [0.15, 0.2) is 30.3 Å². The molecule has 0 radical (unpaired) electrons. The van der Waals surface area contributed by atoms with Crippen LogP contribution in [0.1, 0.15) is 35.1 Å². The molecule has 104 valence electrons. The van der Waals surface area contributed by atoms with Crippen molar-refractivity contribution in [3.63, 3.8) is 0 Å². The van der Waals surface area contributed by atoms with Gasteiger partial charge in [-0.05, 0) is 24.4 Å². The van der Waals surface area contributed by atoms with Gasteiger partial charge in [0.15, 0.2) is 5.11 Å². The highest BCUT2D eigenvalue weighted by atomic mass is 32.1. The molecule has 20 heavy (non-hydrogen) atoms. The predicted molar refractivity (Wildman–Crippen MR) is 84.1 cm³/mol. The van der Waals surface area contributed by atoms with Gasteiger partial charge < -0.3 is 5.32 Å². The lowest BCUT2D eigenvalue weighted by Gasteiger charge is -2.06.